The Labute approximate surface area is 208 Å². The molecule has 1 amide bonds. The third-order valence-corrected chi connectivity index (χ3v) is 5.85. The Kier molecular flexibility index (Phi) is 7.30. The number of nitrogens with one attached hydrogen (secondary N) is 1. The molecule has 0 aromatic carbocycles. The van der Waals surface area contributed by atoms with Crippen LogP contribution in [0, 0.1) is 18.8 Å². The highest BCUT2D eigenvalue weighted by Gasteiger charge is 2.21. The Morgan fingerprint density at radius 1 is 1.22 bits per heavy atom. The van der Waals surface area contributed by atoms with Crippen LogP contribution in [-0.4, -0.2) is 44.5 Å². The number of carbonyl (C=O) groups excluding carboxylic acids is 1. The molecule has 0 spiro atoms. The summed E-state index contributed by atoms with van der Waals surface area (Å²) in [6.07, 6.45) is 5.33. The van der Waals surface area contributed by atoms with Crippen molar-refractivity contribution in [3.05, 3.63) is 62.8 Å². The van der Waals surface area contributed by atoms with E-state index in [4.69, 9.17) is 0 Å². The minimum atomic E-state index is -3.10. The normalized spacial score (nSPS) is 12.9. The number of ether oxygens (including phenoxy) is 1. The highest BCUT2D eigenvalue weighted by atomic mass is 32.1. The number of nitrogens with zero attached hydrogens (tertiary/aromatic N) is 5. The smallest absolute Gasteiger partial charge is 0.387 e. The van der Waals surface area contributed by atoms with Crippen LogP contribution < -0.4 is 15.6 Å². The van der Waals surface area contributed by atoms with Crippen LogP contribution in [0.25, 0.3) is 11.1 Å². The first-order chi connectivity index (χ1) is 17.2. The summed E-state index contributed by atoms with van der Waals surface area (Å²) in [6, 6.07) is 2.61. The van der Waals surface area contributed by atoms with E-state index in [1.807, 2.05) is 13.0 Å². The average molecular weight is 511 g/mol. The summed E-state index contributed by atoms with van der Waals surface area (Å²) < 4.78 is 31.8. The summed E-state index contributed by atoms with van der Waals surface area (Å²) >= 11 is 1.05. The zero-order valence-corrected chi connectivity index (χ0v) is 20.3. The van der Waals surface area contributed by atoms with Gasteiger partial charge in [0, 0.05) is 42.7 Å². The number of hydrogen-bond acceptors (Lipinski definition) is 8. The van der Waals surface area contributed by atoms with Crippen molar-refractivity contribution < 1.29 is 18.3 Å². The molecule has 3 aromatic heterocycles. The topological polar surface area (TPSA) is 111 Å². The average Bonchev–Trinajstić information content (AvgIpc) is 3.27. The van der Waals surface area contributed by atoms with Gasteiger partial charge in [-0.05, 0) is 44.3 Å². The number of hydrogen-bond donors (Lipinski definition) is 1. The fourth-order valence-corrected chi connectivity index (χ4v) is 3.96. The molecule has 9 nitrogen and oxygen atoms in total. The number of halogens is 2. The van der Waals surface area contributed by atoms with Gasteiger partial charge < -0.3 is 9.30 Å². The molecular weight excluding hydrogens is 490 g/mol. The molecule has 3 aromatic rings. The summed E-state index contributed by atoms with van der Waals surface area (Å²) in [4.78, 5) is 33.8. The van der Waals surface area contributed by atoms with Gasteiger partial charge in [-0.1, -0.05) is 16.9 Å². The monoisotopic (exact) mass is 510 g/mol. The first-order valence-electron chi connectivity index (χ1n) is 10.7. The fourth-order valence-electron chi connectivity index (χ4n) is 3.37. The Morgan fingerprint density at radius 2 is 2.03 bits per heavy atom. The Bertz CT molecular complexity index is 1510. The number of aliphatic imine (C=N–C) groups is 1. The minimum absolute atomic E-state index is 0.0529. The van der Waals surface area contributed by atoms with Crippen LogP contribution in [0.5, 0.6) is 5.75 Å². The molecule has 184 valence electrons. The highest BCUT2D eigenvalue weighted by molar-refractivity contribution is 7.15. The van der Waals surface area contributed by atoms with Gasteiger partial charge in [0.05, 0.1) is 11.8 Å². The molecule has 1 aliphatic rings. The van der Waals surface area contributed by atoms with Crippen LogP contribution in [0.1, 0.15) is 34.4 Å². The van der Waals surface area contributed by atoms with Crippen LogP contribution in [-0.2, 0) is 7.05 Å². The number of aromatic nitrogens is 4. The van der Waals surface area contributed by atoms with Gasteiger partial charge in [-0.15, -0.1) is 10.2 Å². The number of dihydropyridines is 1. The second-order valence-electron chi connectivity index (χ2n) is 7.87. The van der Waals surface area contributed by atoms with Gasteiger partial charge in [0.15, 0.2) is 10.8 Å². The third kappa shape index (κ3) is 5.87. The Balaban J connectivity index is 1.64. The number of amides is 1. The summed E-state index contributed by atoms with van der Waals surface area (Å²) in [5.41, 5.74) is 2.22. The van der Waals surface area contributed by atoms with Gasteiger partial charge in [0.1, 0.15) is 5.71 Å². The zero-order valence-electron chi connectivity index (χ0n) is 19.5. The molecule has 0 unspecified atom stereocenters. The number of allylic oxidation sites excluding steroid dienone is 1. The predicted molar refractivity (Wildman–Crippen MR) is 132 cm³/mol. The van der Waals surface area contributed by atoms with E-state index in [9.17, 15) is 18.4 Å². The lowest BCUT2D eigenvalue weighted by Gasteiger charge is -2.15. The highest BCUT2D eigenvalue weighted by Crippen LogP contribution is 2.33. The first kappa shape index (κ1) is 24.9. The molecule has 4 heterocycles. The predicted octanol–water partition coefficient (Wildman–Crippen LogP) is 3.60. The van der Waals surface area contributed by atoms with Crippen LogP contribution in [0.15, 0.2) is 46.0 Å². The van der Waals surface area contributed by atoms with E-state index in [1.54, 1.807) is 6.92 Å². The van der Waals surface area contributed by atoms with Crippen LogP contribution in [0.3, 0.4) is 0 Å². The zero-order chi connectivity index (χ0) is 25.8. The maximum absolute atomic E-state index is 13.2. The lowest BCUT2D eigenvalue weighted by Crippen LogP contribution is -2.22. The van der Waals surface area contributed by atoms with Gasteiger partial charge in [-0.25, -0.2) is 0 Å². The number of aryl methyl sites for hydroxylation is 2. The molecule has 0 fully saturated rings. The quantitative estimate of drug-likeness (QED) is 0.525. The largest absolute Gasteiger partial charge is 0.433 e. The lowest BCUT2D eigenvalue weighted by atomic mass is 10.0. The van der Waals surface area contributed by atoms with E-state index >= 15 is 0 Å². The molecule has 0 saturated carbocycles. The molecule has 1 N–H and O–H groups in total. The molecule has 0 bridgehead atoms. The van der Waals surface area contributed by atoms with Crippen molar-refractivity contribution in [3.63, 3.8) is 0 Å². The van der Waals surface area contributed by atoms with E-state index in [-0.39, 0.29) is 27.6 Å². The van der Waals surface area contributed by atoms with Crippen LogP contribution in [0.2, 0.25) is 0 Å². The van der Waals surface area contributed by atoms with Crippen LogP contribution >= 0.6 is 11.3 Å². The Hall–Kier alpha value is -4.24. The number of anilines is 1. The van der Waals surface area contributed by atoms with Crippen molar-refractivity contribution in [3.8, 4) is 28.7 Å². The maximum atomic E-state index is 13.2. The number of pyridine rings is 2. The molecule has 36 heavy (non-hydrogen) atoms. The minimum Gasteiger partial charge on any atom is -0.433 e. The van der Waals surface area contributed by atoms with E-state index in [0.29, 0.717) is 23.0 Å². The summed E-state index contributed by atoms with van der Waals surface area (Å²) in [7, 11) is 1.48. The fraction of sp³-hybridized carbons (Fsp3) is 0.250. The van der Waals surface area contributed by atoms with Crippen LogP contribution in [0.4, 0.5) is 13.9 Å². The summed E-state index contributed by atoms with van der Waals surface area (Å²) in [5, 5.41) is 11.0. The van der Waals surface area contributed by atoms with Crippen molar-refractivity contribution in [2.45, 2.75) is 26.9 Å². The number of carbonyl (C=O) groups is 1. The molecule has 0 radical (unpaired) electrons. The third-order valence-electron chi connectivity index (χ3n) is 5.10. The van der Waals surface area contributed by atoms with E-state index in [0.717, 1.165) is 30.0 Å². The number of rotatable bonds is 5. The van der Waals surface area contributed by atoms with Crippen molar-refractivity contribution >= 4 is 28.1 Å². The standard InChI is InChI=1S/C24H20F2N6O3S/c1-13-6-7-27-15(8-13)4-5-20-30-31-24(36-20)29-22(34)17-10-21(33)32(3)12-18(17)16-9-14(2)28-11-19(16)35-23(25)26/h8-12,23H,6-7H2,1-3H3,(H,29,31,34). The van der Waals surface area contributed by atoms with Gasteiger partial charge in [0.2, 0.25) is 5.13 Å². The SMILES string of the molecule is CC1=CC(C#Cc2nnc(NC(=O)c3cc(=O)n(C)cc3-c3cc(C)ncc3OC(F)F)s2)=NCC1. The number of alkyl halides is 2. The first-order valence-corrected chi connectivity index (χ1v) is 11.5. The molecule has 4 rings (SSSR count). The molecule has 0 aliphatic carbocycles. The van der Waals surface area contributed by atoms with Gasteiger partial charge >= 0.3 is 6.61 Å². The summed E-state index contributed by atoms with van der Waals surface area (Å²) in [6.45, 7) is 1.26. The van der Waals surface area contributed by atoms with Crippen molar-refractivity contribution in [1.82, 2.24) is 19.7 Å². The molecular formula is C24H20F2N6O3S. The van der Waals surface area contributed by atoms with E-state index < -0.39 is 18.1 Å². The van der Waals surface area contributed by atoms with Crippen molar-refractivity contribution in [2.75, 3.05) is 11.9 Å². The van der Waals surface area contributed by atoms with Gasteiger partial charge in [-0.2, -0.15) is 8.78 Å². The summed E-state index contributed by atoms with van der Waals surface area (Å²) in [5.74, 6) is 4.90. The molecule has 12 heteroatoms. The lowest BCUT2D eigenvalue weighted by molar-refractivity contribution is -0.0496. The Morgan fingerprint density at radius 3 is 2.78 bits per heavy atom. The van der Waals surface area contributed by atoms with Crippen molar-refractivity contribution in [1.29, 1.82) is 0 Å². The molecule has 0 atom stereocenters. The maximum Gasteiger partial charge on any atom is 0.387 e. The van der Waals surface area contributed by atoms with E-state index in [2.05, 4.69) is 42.1 Å². The van der Waals surface area contributed by atoms with E-state index in [1.165, 1.54) is 29.5 Å². The second kappa shape index (κ2) is 10.6. The van der Waals surface area contributed by atoms with Gasteiger partial charge in [-0.3, -0.25) is 24.9 Å². The van der Waals surface area contributed by atoms with Gasteiger partial charge in [0.25, 0.3) is 11.5 Å². The van der Waals surface area contributed by atoms with Crippen molar-refractivity contribution in [2.24, 2.45) is 12.0 Å². The second-order valence-corrected chi connectivity index (χ2v) is 8.85. The molecule has 1 aliphatic heterocycles. The molecule has 0 saturated heterocycles.